The number of aryl methyl sites for hydroxylation is 1. The molecule has 128 valence electrons. The monoisotopic (exact) mass is 331 g/mol. The van der Waals surface area contributed by atoms with Crippen molar-refractivity contribution in [2.24, 2.45) is 0 Å². The lowest BCUT2D eigenvalue weighted by molar-refractivity contribution is 0.247. The van der Waals surface area contributed by atoms with Gasteiger partial charge in [-0.25, -0.2) is 0 Å². The van der Waals surface area contributed by atoms with Crippen molar-refractivity contribution in [3.8, 4) is 0 Å². The summed E-state index contributed by atoms with van der Waals surface area (Å²) in [5.41, 5.74) is 6.43. The number of hydrogen-bond donors (Lipinski definition) is 0. The van der Waals surface area contributed by atoms with Crippen molar-refractivity contribution < 1.29 is 0 Å². The number of aromatic nitrogens is 1. The molecule has 0 unspecified atom stereocenters. The van der Waals surface area contributed by atoms with E-state index in [9.17, 15) is 0 Å². The lowest BCUT2D eigenvalue weighted by Gasteiger charge is -2.37. The van der Waals surface area contributed by atoms with Crippen LogP contribution in [0.25, 0.3) is 10.9 Å². The van der Waals surface area contributed by atoms with Gasteiger partial charge in [-0.2, -0.15) is 0 Å². The summed E-state index contributed by atoms with van der Waals surface area (Å²) >= 11 is 0. The van der Waals surface area contributed by atoms with Gasteiger partial charge in [-0.3, -0.25) is 9.88 Å². The van der Waals surface area contributed by atoms with Crippen LogP contribution in [0.4, 0.5) is 5.69 Å². The van der Waals surface area contributed by atoms with E-state index in [-0.39, 0.29) is 0 Å². The predicted molar refractivity (Wildman–Crippen MR) is 105 cm³/mol. The van der Waals surface area contributed by atoms with Crippen molar-refractivity contribution in [1.29, 1.82) is 0 Å². The largest absolute Gasteiger partial charge is 0.369 e. The van der Waals surface area contributed by atoms with Gasteiger partial charge in [0.2, 0.25) is 0 Å². The second-order valence-corrected chi connectivity index (χ2v) is 6.98. The number of nitrogens with zero attached hydrogens (tertiary/aromatic N) is 3. The van der Waals surface area contributed by atoms with Gasteiger partial charge in [0.25, 0.3) is 0 Å². The van der Waals surface area contributed by atoms with Crippen LogP contribution >= 0.6 is 0 Å². The van der Waals surface area contributed by atoms with Crippen molar-refractivity contribution >= 4 is 16.6 Å². The highest BCUT2D eigenvalue weighted by Crippen LogP contribution is 2.24. The summed E-state index contributed by atoms with van der Waals surface area (Å²) in [6.45, 7) is 9.70. The van der Waals surface area contributed by atoms with E-state index in [1.165, 1.54) is 27.9 Å². The third-order valence-corrected chi connectivity index (χ3v) is 5.33. The fourth-order valence-corrected chi connectivity index (χ4v) is 3.65. The highest BCUT2D eigenvalue weighted by atomic mass is 15.3. The van der Waals surface area contributed by atoms with E-state index >= 15 is 0 Å². The quantitative estimate of drug-likeness (QED) is 0.718. The number of hydrogen-bond acceptors (Lipinski definition) is 3. The molecule has 3 heteroatoms. The summed E-state index contributed by atoms with van der Waals surface area (Å²) in [6.07, 6.45) is 0. The van der Waals surface area contributed by atoms with Gasteiger partial charge in [0.15, 0.2) is 0 Å². The molecule has 25 heavy (non-hydrogen) atoms. The van der Waals surface area contributed by atoms with Crippen molar-refractivity contribution in [2.45, 2.75) is 20.4 Å². The Morgan fingerprint density at radius 3 is 2.48 bits per heavy atom. The van der Waals surface area contributed by atoms with E-state index in [1.54, 1.807) is 0 Å². The van der Waals surface area contributed by atoms with Crippen LogP contribution in [-0.4, -0.2) is 36.1 Å². The second-order valence-electron chi connectivity index (χ2n) is 6.98. The van der Waals surface area contributed by atoms with Crippen molar-refractivity contribution in [3.05, 3.63) is 71.4 Å². The minimum atomic E-state index is 0.936. The molecule has 2 heterocycles. The second kappa shape index (κ2) is 6.85. The summed E-state index contributed by atoms with van der Waals surface area (Å²) < 4.78 is 0. The van der Waals surface area contributed by atoms with E-state index in [1.807, 2.05) is 0 Å². The Balaban J connectivity index is 1.42. The highest BCUT2D eigenvalue weighted by Gasteiger charge is 2.19. The molecule has 3 nitrogen and oxygen atoms in total. The summed E-state index contributed by atoms with van der Waals surface area (Å²) in [4.78, 5) is 9.85. The van der Waals surface area contributed by atoms with Crippen molar-refractivity contribution in [2.75, 3.05) is 31.1 Å². The van der Waals surface area contributed by atoms with Crippen LogP contribution in [-0.2, 0) is 6.54 Å². The number of para-hydroxylation sites is 1. The molecule has 1 aromatic heterocycles. The summed E-state index contributed by atoms with van der Waals surface area (Å²) in [5.74, 6) is 0. The van der Waals surface area contributed by atoms with E-state index < -0.39 is 0 Å². The molecule has 1 fully saturated rings. The molecular weight excluding hydrogens is 306 g/mol. The standard InChI is InChI=1S/C22H25N3/c1-17-6-5-9-22(18(17)2)25-14-12-24(13-15-25)16-20-11-10-19-7-3-4-8-21(19)23-20/h3-11H,12-16H2,1-2H3. The zero-order valence-electron chi connectivity index (χ0n) is 15.1. The molecule has 2 aromatic carbocycles. The molecule has 1 aliphatic rings. The zero-order valence-corrected chi connectivity index (χ0v) is 15.1. The molecule has 3 aromatic rings. The zero-order chi connectivity index (χ0) is 17.2. The average Bonchev–Trinajstić information content (AvgIpc) is 2.65. The topological polar surface area (TPSA) is 19.4 Å². The molecule has 0 atom stereocenters. The molecule has 0 saturated carbocycles. The van der Waals surface area contributed by atoms with Crippen LogP contribution in [0.2, 0.25) is 0 Å². The highest BCUT2D eigenvalue weighted by molar-refractivity contribution is 5.78. The van der Waals surface area contributed by atoms with E-state index in [4.69, 9.17) is 4.98 Å². The van der Waals surface area contributed by atoms with Gasteiger partial charge < -0.3 is 4.90 Å². The molecule has 0 spiro atoms. The number of rotatable bonds is 3. The predicted octanol–water partition coefficient (Wildman–Crippen LogP) is 4.17. The van der Waals surface area contributed by atoms with Gasteiger partial charge in [-0.05, 0) is 43.2 Å². The SMILES string of the molecule is Cc1cccc(N2CCN(Cc3ccc4ccccc4n3)CC2)c1C. The number of pyridine rings is 1. The Morgan fingerprint density at radius 1 is 0.840 bits per heavy atom. The average molecular weight is 331 g/mol. The van der Waals surface area contributed by atoms with E-state index in [0.29, 0.717) is 0 Å². The van der Waals surface area contributed by atoms with Gasteiger partial charge in [0.05, 0.1) is 11.2 Å². The number of anilines is 1. The minimum absolute atomic E-state index is 0.936. The van der Waals surface area contributed by atoms with Crippen LogP contribution in [0.5, 0.6) is 0 Å². The maximum atomic E-state index is 4.82. The fourth-order valence-electron chi connectivity index (χ4n) is 3.65. The maximum absolute atomic E-state index is 4.82. The third-order valence-electron chi connectivity index (χ3n) is 5.33. The molecule has 0 amide bonds. The molecular formula is C22H25N3. The molecule has 4 rings (SSSR count). The third kappa shape index (κ3) is 3.38. The fraction of sp³-hybridized carbons (Fsp3) is 0.318. The van der Waals surface area contributed by atoms with Crippen LogP contribution in [0.1, 0.15) is 16.8 Å². The number of benzene rings is 2. The number of piperazine rings is 1. The van der Waals surface area contributed by atoms with Crippen LogP contribution in [0, 0.1) is 13.8 Å². The first-order chi connectivity index (χ1) is 12.2. The Bertz CT molecular complexity index is 879. The van der Waals surface area contributed by atoms with Gasteiger partial charge in [-0.1, -0.05) is 36.4 Å². The van der Waals surface area contributed by atoms with E-state index in [0.717, 1.165) is 38.2 Å². The van der Waals surface area contributed by atoms with Crippen LogP contribution in [0.3, 0.4) is 0 Å². The first-order valence-electron chi connectivity index (χ1n) is 9.09. The van der Waals surface area contributed by atoms with Gasteiger partial charge in [0, 0.05) is 43.8 Å². The lowest BCUT2D eigenvalue weighted by atomic mass is 10.1. The molecule has 0 N–H and O–H groups in total. The Kier molecular flexibility index (Phi) is 4.41. The van der Waals surface area contributed by atoms with Crippen LogP contribution < -0.4 is 4.90 Å². The number of fused-ring (bicyclic) bond motifs is 1. The normalized spacial score (nSPS) is 15.7. The van der Waals surface area contributed by atoms with Crippen LogP contribution in [0.15, 0.2) is 54.6 Å². The smallest absolute Gasteiger partial charge is 0.0705 e. The molecule has 0 radical (unpaired) electrons. The minimum Gasteiger partial charge on any atom is -0.369 e. The van der Waals surface area contributed by atoms with Crippen molar-refractivity contribution in [1.82, 2.24) is 9.88 Å². The molecule has 0 bridgehead atoms. The van der Waals surface area contributed by atoms with Gasteiger partial charge >= 0.3 is 0 Å². The van der Waals surface area contributed by atoms with Gasteiger partial charge in [-0.15, -0.1) is 0 Å². The Labute approximate surface area is 149 Å². The molecule has 1 saturated heterocycles. The first-order valence-corrected chi connectivity index (χ1v) is 9.09. The maximum Gasteiger partial charge on any atom is 0.0705 e. The summed E-state index contributed by atoms with van der Waals surface area (Å²) in [7, 11) is 0. The van der Waals surface area contributed by atoms with Gasteiger partial charge in [0.1, 0.15) is 0 Å². The lowest BCUT2D eigenvalue weighted by Crippen LogP contribution is -2.46. The van der Waals surface area contributed by atoms with E-state index in [2.05, 4.69) is 78.2 Å². The molecule has 1 aliphatic heterocycles. The summed E-state index contributed by atoms with van der Waals surface area (Å²) in [5, 5.41) is 1.21. The first kappa shape index (κ1) is 16.1. The Hall–Kier alpha value is -2.39. The summed E-state index contributed by atoms with van der Waals surface area (Å²) in [6, 6.07) is 19.3. The van der Waals surface area contributed by atoms with Crippen molar-refractivity contribution in [3.63, 3.8) is 0 Å². The molecule has 0 aliphatic carbocycles. The Morgan fingerprint density at radius 2 is 1.64 bits per heavy atom.